The number of carbonyl (C=O) groups is 3. The fraction of sp³-hybridized carbons (Fsp3) is 0.659. The SMILES string of the molecule is CCCCCCCC/C=C\C/C=C\C/C=C\CCCC(=O)SCCNC(=O)CCNC(=O)[C@H](O)C(C)(C)COP(=O)(O)OP(=O)(O)OC[C@H]1O[C@@H](n2cnc3c(N)ncnc32)[C@H](O)[C@@H]1OP(=O)(O)O. The molecule has 1 aliphatic heterocycles. The molecule has 2 aromatic rings. The fourth-order valence-corrected chi connectivity index (χ4v) is 10.1. The first-order valence-corrected chi connectivity index (χ1v) is 28.1. The molecule has 390 valence electrons. The molecule has 24 nitrogen and oxygen atoms in total. The summed E-state index contributed by atoms with van der Waals surface area (Å²) in [5, 5.41) is 26.6. The third kappa shape index (κ3) is 22.8. The Balaban J connectivity index is 1.30. The monoisotopic (exact) mass is 1060 g/mol. The number of nitrogen functional groups attached to an aromatic ring is 1. The molecule has 0 aliphatic carbocycles. The lowest BCUT2D eigenvalue weighted by molar-refractivity contribution is -0.137. The van der Waals surface area contributed by atoms with Crippen LogP contribution in [0.25, 0.3) is 11.2 Å². The molecular formula is C41H68N7O17P3S. The quantitative estimate of drug-likeness (QED) is 0.0252. The smallest absolute Gasteiger partial charge is 0.386 e. The summed E-state index contributed by atoms with van der Waals surface area (Å²) in [4.78, 5) is 88.4. The standard InChI is InChI=1S/C41H68N7O17P3S/c1-4-5-6-7-8-9-10-11-12-13-14-15-16-17-18-19-20-21-32(50)69-25-24-43-31(49)22-23-44-39(53)36(52)41(2,3)27-62-68(59,60)65-67(57,58)61-26-30-35(64-66(54,55)56)34(51)40(63-30)48-29-47-33-37(42)45-28-46-38(33)48/h11-12,14-15,17-18,28-30,34-36,40,51-52H,4-10,13,16,19-27H2,1-3H3,(H,43,49)(H,44,53)(H,57,58)(H,59,60)(H2,42,45,46)(H2,54,55,56)/b12-11-,15-14-,18-17-/t30-,34-,35-,36+,40-/m1/s1. The van der Waals surface area contributed by atoms with Gasteiger partial charge in [-0.3, -0.25) is 32.5 Å². The molecular weight excluding hydrogens is 987 g/mol. The number of aromatic nitrogens is 4. The van der Waals surface area contributed by atoms with Crippen molar-refractivity contribution in [3.05, 3.63) is 49.1 Å². The molecule has 0 aromatic carbocycles. The summed E-state index contributed by atoms with van der Waals surface area (Å²) < 4.78 is 62.4. The van der Waals surface area contributed by atoms with Crippen LogP contribution in [0.1, 0.15) is 110 Å². The average molecular weight is 1060 g/mol. The molecule has 3 rings (SSSR count). The molecule has 2 unspecified atom stereocenters. The van der Waals surface area contributed by atoms with Gasteiger partial charge in [0.25, 0.3) is 0 Å². The Morgan fingerprint density at radius 3 is 2.20 bits per heavy atom. The van der Waals surface area contributed by atoms with Crippen molar-refractivity contribution in [1.29, 1.82) is 0 Å². The van der Waals surface area contributed by atoms with E-state index in [1.54, 1.807) is 0 Å². The number of nitrogens with zero attached hydrogens (tertiary/aromatic N) is 4. The number of amides is 2. The topological polar surface area (TPSA) is 364 Å². The first-order valence-electron chi connectivity index (χ1n) is 22.6. The first-order chi connectivity index (χ1) is 32.6. The van der Waals surface area contributed by atoms with Crippen molar-refractivity contribution in [2.45, 2.75) is 135 Å². The van der Waals surface area contributed by atoms with E-state index in [9.17, 15) is 57.9 Å². The van der Waals surface area contributed by atoms with Gasteiger partial charge < -0.3 is 50.9 Å². The van der Waals surface area contributed by atoms with Crippen LogP contribution in [0.4, 0.5) is 5.82 Å². The van der Waals surface area contributed by atoms with E-state index in [1.807, 2.05) is 0 Å². The minimum absolute atomic E-state index is 0.0159. The summed E-state index contributed by atoms with van der Waals surface area (Å²) in [6.07, 6.45) is 18.6. The van der Waals surface area contributed by atoms with Gasteiger partial charge in [0.2, 0.25) is 11.8 Å². The van der Waals surface area contributed by atoms with Crippen LogP contribution in [-0.4, -0.2) is 123 Å². The van der Waals surface area contributed by atoms with E-state index in [2.05, 4.69) is 77.8 Å². The largest absolute Gasteiger partial charge is 0.481 e. The minimum Gasteiger partial charge on any atom is -0.386 e. The average Bonchev–Trinajstić information content (AvgIpc) is 3.84. The summed E-state index contributed by atoms with van der Waals surface area (Å²) in [7, 11) is -16.4. The number of unbranched alkanes of at least 4 members (excludes halogenated alkanes) is 7. The van der Waals surface area contributed by atoms with Crippen LogP contribution < -0.4 is 16.4 Å². The van der Waals surface area contributed by atoms with Crippen LogP contribution in [0.15, 0.2) is 49.1 Å². The van der Waals surface area contributed by atoms with Crippen LogP contribution in [0, 0.1) is 5.41 Å². The maximum Gasteiger partial charge on any atom is 0.481 e. The number of phosphoric acid groups is 3. The summed E-state index contributed by atoms with van der Waals surface area (Å²) in [6.45, 7) is 2.75. The molecule has 1 aliphatic rings. The normalized spacial score (nSPS) is 20.2. The van der Waals surface area contributed by atoms with Crippen LogP contribution in [0.5, 0.6) is 0 Å². The number of anilines is 1. The number of hydrogen-bond acceptors (Lipinski definition) is 18. The molecule has 69 heavy (non-hydrogen) atoms. The van der Waals surface area contributed by atoms with Gasteiger partial charge in [0.1, 0.15) is 36.3 Å². The van der Waals surface area contributed by atoms with E-state index in [0.29, 0.717) is 12.2 Å². The number of aliphatic hydroxyl groups is 2. The van der Waals surface area contributed by atoms with E-state index in [-0.39, 0.29) is 41.6 Å². The molecule has 2 amide bonds. The third-order valence-electron chi connectivity index (χ3n) is 10.3. The Bertz CT molecular complexity index is 2170. The lowest BCUT2D eigenvalue weighted by Crippen LogP contribution is -2.46. The van der Waals surface area contributed by atoms with Crippen molar-refractivity contribution in [3.63, 3.8) is 0 Å². The lowest BCUT2D eigenvalue weighted by Gasteiger charge is -2.30. The van der Waals surface area contributed by atoms with Crippen molar-refractivity contribution in [2.75, 3.05) is 37.8 Å². The Morgan fingerprint density at radius 1 is 0.884 bits per heavy atom. The number of phosphoric ester groups is 3. The van der Waals surface area contributed by atoms with Crippen molar-refractivity contribution < 1.29 is 80.5 Å². The Kier molecular flexibility index (Phi) is 26.1. The second-order valence-electron chi connectivity index (χ2n) is 16.6. The van der Waals surface area contributed by atoms with Crippen molar-refractivity contribution in [3.8, 4) is 0 Å². The number of carbonyl (C=O) groups excluding carboxylic acids is 3. The molecule has 1 fully saturated rings. The maximum absolute atomic E-state index is 12.7. The van der Waals surface area contributed by atoms with Crippen LogP contribution in [0.3, 0.4) is 0 Å². The first kappa shape index (κ1) is 60.1. The van der Waals surface area contributed by atoms with Crippen molar-refractivity contribution in [2.24, 2.45) is 5.41 Å². The van der Waals surface area contributed by atoms with E-state index in [1.165, 1.54) is 52.4 Å². The molecule has 0 spiro atoms. The molecule has 0 bridgehead atoms. The van der Waals surface area contributed by atoms with Gasteiger partial charge in [0, 0.05) is 37.1 Å². The highest BCUT2D eigenvalue weighted by molar-refractivity contribution is 8.13. The van der Waals surface area contributed by atoms with Gasteiger partial charge in [0.15, 0.2) is 22.8 Å². The molecule has 28 heteroatoms. The zero-order chi connectivity index (χ0) is 51.1. The number of fused-ring (bicyclic) bond motifs is 1. The molecule has 0 radical (unpaired) electrons. The Hall–Kier alpha value is -3.22. The summed E-state index contributed by atoms with van der Waals surface area (Å²) in [5.41, 5.74) is 4.28. The zero-order valence-corrected chi connectivity index (χ0v) is 42.5. The number of rotatable bonds is 34. The number of thioether (sulfide) groups is 1. The van der Waals surface area contributed by atoms with Gasteiger partial charge in [-0.15, -0.1) is 0 Å². The molecule has 7 atom stereocenters. The number of hydrogen-bond donors (Lipinski definition) is 9. The van der Waals surface area contributed by atoms with E-state index in [0.717, 1.165) is 61.1 Å². The van der Waals surface area contributed by atoms with Gasteiger partial charge in [-0.2, -0.15) is 4.31 Å². The van der Waals surface area contributed by atoms with E-state index < -0.39 is 84.6 Å². The van der Waals surface area contributed by atoms with Crippen LogP contribution in [0.2, 0.25) is 0 Å². The fourth-order valence-electron chi connectivity index (χ4n) is 6.55. The predicted octanol–water partition coefficient (Wildman–Crippen LogP) is 5.03. The highest BCUT2D eigenvalue weighted by Crippen LogP contribution is 2.61. The highest BCUT2D eigenvalue weighted by Gasteiger charge is 2.50. The van der Waals surface area contributed by atoms with Gasteiger partial charge in [-0.1, -0.05) is 101 Å². The second-order valence-corrected chi connectivity index (χ2v) is 22.0. The van der Waals surface area contributed by atoms with Gasteiger partial charge in [-0.25, -0.2) is 28.6 Å². The molecule has 3 heterocycles. The number of allylic oxidation sites excluding steroid dienone is 6. The summed E-state index contributed by atoms with van der Waals surface area (Å²) in [5.74, 6) is -1.08. The molecule has 0 saturated carbocycles. The Morgan fingerprint density at radius 2 is 1.52 bits per heavy atom. The highest BCUT2D eigenvalue weighted by atomic mass is 32.2. The van der Waals surface area contributed by atoms with E-state index in [4.69, 9.17) is 19.5 Å². The predicted molar refractivity (Wildman–Crippen MR) is 256 cm³/mol. The lowest BCUT2D eigenvalue weighted by atomic mass is 9.87. The summed E-state index contributed by atoms with van der Waals surface area (Å²) >= 11 is 1.12. The maximum atomic E-state index is 12.7. The number of aliphatic hydroxyl groups excluding tert-OH is 2. The van der Waals surface area contributed by atoms with Gasteiger partial charge in [-0.05, 0) is 38.5 Å². The van der Waals surface area contributed by atoms with Crippen molar-refractivity contribution in [1.82, 2.24) is 30.2 Å². The zero-order valence-electron chi connectivity index (χ0n) is 39.0. The van der Waals surface area contributed by atoms with Gasteiger partial charge >= 0.3 is 23.5 Å². The molecule has 1 saturated heterocycles. The number of imidazole rings is 1. The van der Waals surface area contributed by atoms with Crippen LogP contribution in [-0.2, 0) is 50.7 Å². The molecule has 10 N–H and O–H groups in total. The van der Waals surface area contributed by atoms with Gasteiger partial charge in [0.05, 0.1) is 19.5 Å². The summed E-state index contributed by atoms with van der Waals surface area (Å²) in [6, 6.07) is 0. The number of ether oxygens (including phenoxy) is 1. The molecule has 2 aromatic heterocycles. The van der Waals surface area contributed by atoms with Crippen molar-refractivity contribution >= 4 is 69.1 Å². The second kappa shape index (κ2) is 30.0. The Labute approximate surface area is 405 Å². The van der Waals surface area contributed by atoms with Crippen LogP contribution >= 0.6 is 35.2 Å². The minimum atomic E-state index is -5.58. The third-order valence-corrected chi connectivity index (χ3v) is 14.3. The number of nitrogens with one attached hydrogen (secondary N) is 2. The number of nitrogens with two attached hydrogens (primary N) is 1. The van der Waals surface area contributed by atoms with E-state index >= 15 is 0 Å².